The Morgan fingerprint density at radius 2 is 2.00 bits per heavy atom. The molecule has 104 valence electrons. The van der Waals surface area contributed by atoms with Crippen LogP contribution in [0.5, 0.6) is 0 Å². The van der Waals surface area contributed by atoms with Crippen molar-refractivity contribution in [3.05, 3.63) is 60.4 Å². The van der Waals surface area contributed by atoms with Crippen LogP contribution < -0.4 is 10.6 Å². The second-order valence-corrected chi connectivity index (χ2v) is 5.27. The summed E-state index contributed by atoms with van der Waals surface area (Å²) >= 11 is 1.77. The largest absolute Gasteiger partial charge is 0.337 e. The zero-order chi connectivity index (χ0) is 14.0. The number of thioether (sulfide) groups is 1. The van der Waals surface area contributed by atoms with Crippen LogP contribution in [0, 0.1) is 0 Å². The molecule has 0 saturated heterocycles. The summed E-state index contributed by atoms with van der Waals surface area (Å²) in [7, 11) is 0. The van der Waals surface area contributed by atoms with E-state index in [1.165, 1.54) is 5.56 Å². The van der Waals surface area contributed by atoms with E-state index in [1.807, 2.05) is 42.6 Å². The number of hydrogen-bond acceptors (Lipinski definition) is 3. The number of carbonyl (C=O) groups excluding carboxylic acids is 1. The molecule has 0 aliphatic heterocycles. The van der Waals surface area contributed by atoms with Gasteiger partial charge in [0.25, 0.3) is 0 Å². The minimum absolute atomic E-state index is 0.168. The van der Waals surface area contributed by atoms with Gasteiger partial charge < -0.3 is 10.6 Å². The normalized spacial score (nSPS) is 10.0. The van der Waals surface area contributed by atoms with Gasteiger partial charge in [0.05, 0.1) is 0 Å². The molecule has 5 heteroatoms. The fraction of sp³-hybridized carbons (Fsp3) is 0.200. The summed E-state index contributed by atoms with van der Waals surface area (Å²) in [5.74, 6) is 1.78. The molecule has 1 aromatic heterocycles. The third-order valence-corrected chi connectivity index (χ3v) is 3.59. The van der Waals surface area contributed by atoms with Crippen LogP contribution in [-0.2, 0) is 5.75 Å². The van der Waals surface area contributed by atoms with Crippen molar-refractivity contribution in [3.8, 4) is 0 Å². The van der Waals surface area contributed by atoms with Crippen LogP contribution in [0.1, 0.15) is 5.56 Å². The Hall–Kier alpha value is -2.01. The summed E-state index contributed by atoms with van der Waals surface area (Å²) in [6.07, 6.45) is 3.63. The highest BCUT2D eigenvalue weighted by atomic mass is 32.2. The molecule has 2 N–H and O–H groups in total. The minimum atomic E-state index is -0.168. The lowest BCUT2D eigenvalue weighted by atomic mass is 10.3. The van der Waals surface area contributed by atoms with Crippen molar-refractivity contribution in [1.82, 2.24) is 10.3 Å². The van der Waals surface area contributed by atoms with E-state index < -0.39 is 0 Å². The fourth-order valence-corrected chi connectivity index (χ4v) is 2.40. The molecule has 0 aliphatic carbocycles. The first-order chi connectivity index (χ1) is 9.84. The van der Waals surface area contributed by atoms with E-state index in [1.54, 1.807) is 18.0 Å². The monoisotopic (exact) mass is 287 g/mol. The first-order valence-corrected chi connectivity index (χ1v) is 7.56. The average Bonchev–Trinajstić information content (AvgIpc) is 2.49. The molecule has 4 nitrogen and oxygen atoms in total. The highest BCUT2D eigenvalue weighted by Crippen LogP contribution is 2.09. The van der Waals surface area contributed by atoms with Gasteiger partial charge in [0.15, 0.2) is 0 Å². The number of para-hydroxylation sites is 1. The minimum Gasteiger partial charge on any atom is -0.337 e. The Morgan fingerprint density at radius 3 is 2.75 bits per heavy atom. The number of benzene rings is 1. The summed E-state index contributed by atoms with van der Waals surface area (Å²) in [5.41, 5.74) is 2.00. The fourth-order valence-electron chi connectivity index (χ4n) is 1.61. The molecule has 1 heterocycles. The molecular weight excluding hydrogens is 270 g/mol. The van der Waals surface area contributed by atoms with E-state index >= 15 is 0 Å². The van der Waals surface area contributed by atoms with E-state index in [-0.39, 0.29) is 6.03 Å². The third-order valence-electron chi connectivity index (χ3n) is 2.56. The molecule has 0 saturated carbocycles. The van der Waals surface area contributed by atoms with Gasteiger partial charge >= 0.3 is 6.03 Å². The topological polar surface area (TPSA) is 54.0 Å². The van der Waals surface area contributed by atoms with Gasteiger partial charge in [0.1, 0.15) is 0 Å². The highest BCUT2D eigenvalue weighted by molar-refractivity contribution is 7.98. The van der Waals surface area contributed by atoms with Crippen molar-refractivity contribution in [3.63, 3.8) is 0 Å². The molecule has 0 atom stereocenters. The SMILES string of the molecule is O=C(NCCSCc1cccnc1)Nc1ccccc1. The number of anilines is 1. The molecule has 1 aromatic carbocycles. The Morgan fingerprint density at radius 1 is 1.15 bits per heavy atom. The molecule has 2 aromatic rings. The van der Waals surface area contributed by atoms with Crippen molar-refractivity contribution in [2.24, 2.45) is 0 Å². The van der Waals surface area contributed by atoms with E-state index in [9.17, 15) is 4.79 Å². The summed E-state index contributed by atoms with van der Waals surface area (Å²) in [4.78, 5) is 15.7. The lowest BCUT2D eigenvalue weighted by Gasteiger charge is -2.07. The predicted octanol–water partition coefficient (Wildman–Crippen LogP) is 3.14. The molecule has 0 spiro atoms. The quantitative estimate of drug-likeness (QED) is 0.803. The number of urea groups is 1. The smallest absolute Gasteiger partial charge is 0.319 e. The zero-order valence-electron chi connectivity index (χ0n) is 11.1. The summed E-state index contributed by atoms with van der Waals surface area (Å²) in [6, 6.07) is 13.2. The van der Waals surface area contributed by atoms with Crippen molar-refractivity contribution in [2.45, 2.75) is 5.75 Å². The summed E-state index contributed by atoms with van der Waals surface area (Å²) in [6.45, 7) is 0.642. The van der Waals surface area contributed by atoms with Gasteiger partial charge in [-0.05, 0) is 23.8 Å². The second-order valence-electron chi connectivity index (χ2n) is 4.16. The molecule has 2 amide bonds. The van der Waals surface area contributed by atoms with Gasteiger partial charge in [-0.2, -0.15) is 11.8 Å². The summed E-state index contributed by atoms with van der Waals surface area (Å²) in [5, 5.41) is 5.61. The third kappa shape index (κ3) is 5.32. The van der Waals surface area contributed by atoms with Crippen molar-refractivity contribution in [2.75, 3.05) is 17.6 Å². The Kier molecular flexibility index (Phi) is 5.92. The van der Waals surface area contributed by atoms with Gasteiger partial charge in [-0.1, -0.05) is 24.3 Å². The molecular formula is C15H17N3OS. The lowest BCUT2D eigenvalue weighted by molar-refractivity contribution is 0.252. The van der Waals surface area contributed by atoms with Crippen LogP contribution in [-0.4, -0.2) is 23.3 Å². The molecule has 20 heavy (non-hydrogen) atoms. The Labute approximate surface area is 123 Å². The zero-order valence-corrected chi connectivity index (χ0v) is 11.9. The number of pyridine rings is 1. The number of hydrogen-bond donors (Lipinski definition) is 2. The van der Waals surface area contributed by atoms with Crippen LogP contribution in [0.2, 0.25) is 0 Å². The van der Waals surface area contributed by atoms with E-state index in [2.05, 4.69) is 21.7 Å². The average molecular weight is 287 g/mol. The highest BCUT2D eigenvalue weighted by Gasteiger charge is 2.00. The van der Waals surface area contributed by atoms with Crippen molar-refractivity contribution >= 4 is 23.5 Å². The maximum absolute atomic E-state index is 11.6. The molecule has 0 fully saturated rings. The van der Waals surface area contributed by atoms with Crippen molar-refractivity contribution < 1.29 is 4.79 Å². The Bertz CT molecular complexity index is 519. The molecule has 0 radical (unpaired) electrons. The maximum Gasteiger partial charge on any atom is 0.319 e. The van der Waals surface area contributed by atoms with Crippen LogP contribution in [0.4, 0.5) is 10.5 Å². The van der Waals surface area contributed by atoms with Crippen LogP contribution >= 0.6 is 11.8 Å². The number of amides is 2. The lowest BCUT2D eigenvalue weighted by Crippen LogP contribution is -2.30. The molecule has 2 rings (SSSR count). The first kappa shape index (κ1) is 14.4. The molecule has 0 unspecified atom stereocenters. The number of carbonyl (C=O) groups is 1. The Balaban J connectivity index is 1.58. The van der Waals surface area contributed by atoms with Gasteiger partial charge in [-0.15, -0.1) is 0 Å². The van der Waals surface area contributed by atoms with Crippen LogP contribution in [0.3, 0.4) is 0 Å². The van der Waals surface area contributed by atoms with E-state index in [4.69, 9.17) is 0 Å². The van der Waals surface area contributed by atoms with Gasteiger partial charge in [0, 0.05) is 36.1 Å². The second kappa shape index (κ2) is 8.22. The first-order valence-electron chi connectivity index (χ1n) is 6.41. The number of aromatic nitrogens is 1. The molecule has 0 aliphatic rings. The molecule has 0 bridgehead atoms. The number of nitrogens with one attached hydrogen (secondary N) is 2. The van der Waals surface area contributed by atoms with Crippen LogP contribution in [0.15, 0.2) is 54.9 Å². The standard InChI is InChI=1S/C15H17N3OS/c19-15(18-14-6-2-1-3-7-14)17-9-10-20-12-13-5-4-8-16-11-13/h1-8,11H,9-10,12H2,(H2,17,18,19). The van der Waals surface area contributed by atoms with Gasteiger partial charge in [-0.3, -0.25) is 4.98 Å². The van der Waals surface area contributed by atoms with E-state index in [0.717, 1.165) is 17.2 Å². The predicted molar refractivity (Wildman–Crippen MR) is 83.9 cm³/mol. The number of rotatable bonds is 6. The summed E-state index contributed by atoms with van der Waals surface area (Å²) < 4.78 is 0. The van der Waals surface area contributed by atoms with E-state index in [0.29, 0.717) is 6.54 Å². The van der Waals surface area contributed by atoms with Gasteiger partial charge in [0.2, 0.25) is 0 Å². The van der Waals surface area contributed by atoms with Gasteiger partial charge in [-0.25, -0.2) is 4.79 Å². The number of nitrogens with zero attached hydrogens (tertiary/aromatic N) is 1. The van der Waals surface area contributed by atoms with Crippen LogP contribution in [0.25, 0.3) is 0 Å². The van der Waals surface area contributed by atoms with Crippen molar-refractivity contribution in [1.29, 1.82) is 0 Å². The maximum atomic E-state index is 11.6.